The van der Waals surface area contributed by atoms with Gasteiger partial charge in [0.2, 0.25) is 0 Å². The first-order chi connectivity index (χ1) is 9.65. The van der Waals surface area contributed by atoms with Crippen LogP contribution in [0.3, 0.4) is 0 Å². The van der Waals surface area contributed by atoms with Crippen molar-refractivity contribution in [3.8, 4) is 11.5 Å². The summed E-state index contributed by atoms with van der Waals surface area (Å²) in [6.45, 7) is 4.72. The Bertz CT molecular complexity index is 412. The standard InChI is InChI=1S/C15H24BrNO3/c1-4-5-6-17(7-8-18)11-12-9-15(20-3)13(16)10-14(12)19-2/h9-10,18H,4-8,11H2,1-3H3. The number of aliphatic hydroxyl groups is 1. The number of ether oxygens (including phenoxy) is 2. The van der Waals surface area contributed by atoms with Crippen molar-refractivity contribution in [1.29, 1.82) is 0 Å². The molecule has 1 aromatic rings. The molecule has 0 spiro atoms. The van der Waals surface area contributed by atoms with Crippen molar-refractivity contribution in [1.82, 2.24) is 4.90 Å². The maximum absolute atomic E-state index is 9.18. The summed E-state index contributed by atoms with van der Waals surface area (Å²) in [6.07, 6.45) is 2.26. The Hall–Kier alpha value is -0.780. The lowest BCUT2D eigenvalue weighted by Crippen LogP contribution is -2.27. The van der Waals surface area contributed by atoms with Gasteiger partial charge in [0.25, 0.3) is 0 Å². The summed E-state index contributed by atoms with van der Waals surface area (Å²) in [4.78, 5) is 2.23. The Labute approximate surface area is 129 Å². The number of halogens is 1. The molecule has 0 saturated carbocycles. The van der Waals surface area contributed by atoms with Gasteiger partial charge in [0, 0.05) is 18.7 Å². The Kier molecular flexibility index (Phi) is 7.95. The largest absolute Gasteiger partial charge is 0.496 e. The average Bonchev–Trinajstić information content (AvgIpc) is 2.46. The molecular formula is C15H24BrNO3. The number of hydrogen-bond acceptors (Lipinski definition) is 4. The second kappa shape index (κ2) is 9.21. The van der Waals surface area contributed by atoms with Crippen molar-refractivity contribution in [3.05, 3.63) is 22.2 Å². The zero-order valence-corrected chi connectivity index (χ0v) is 14.1. The number of hydrogen-bond donors (Lipinski definition) is 1. The molecule has 0 atom stereocenters. The third kappa shape index (κ3) is 4.96. The minimum absolute atomic E-state index is 0.166. The van der Waals surface area contributed by atoms with Crippen LogP contribution in [0.1, 0.15) is 25.3 Å². The van der Waals surface area contributed by atoms with Gasteiger partial charge in [0.1, 0.15) is 11.5 Å². The highest BCUT2D eigenvalue weighted by Gasteiger charge is 2.13. The van der Waals surface area contributed by atoms with Gasteiger partial charge in [0.05, 0.1) is 25.3 Å². The summed E-state index contributed by atoms with van der Waals surface area (Å²) in [7, 11) is 3.32. The van der Waals surface area contributed by atoms with Crippen LogP contribution in [0.25, 0.3) is 0 Å². The normalized spacial score (nSPS) is 10.9. The molecule has 1 N–H and O–H groups in total. The second-order valence-corrected chi connectivity index (χ2v) is 5.51. The van der Waals surface area contributed by atoms with Gasteiger partial charge >= 0.3 is 0 Å². The molecule has 1 aromatic carbocycles. The van der Waals surface area contributed by atoms with Crippen LogP contribution in [0.15, 0.2) is 16.6 Å². The predicted molar refractivity (Wildman–Crippen MR) is 84.5 cm³/mol. The van der Waals surface area contributed by atoms with Crippen LogP contribution in [-0.4, -0.2) is 43.9 Å². The lowest BCUT2D eigenvalue weighted by atomic mass is 10.1. The third-order valence-corrected chi connectivity index (χ3v) is 3.81. The minimum atomic E-state index is 0.166. The number of nitrogens with zero attached hydrogens (tertiary/aromatic N) is 1. The van der Waals surface area contributed by atoms with Crippen LogP contribution in [-0.2, 0) is 6.54 Å². The molecule has 0 saturated heterocycles. The molecule has 4 nitrogen and oxygen atoms in total. The number of methoxy groups -OCH3 is 2. The molecule has 0 amide bonds. The van der Waals surface area contributed by atoms with Crippen molar-refractivity contribution in [2.24, 2.45) is 0 Å². The van der Waals surface area contributed by atoms with Gasteiger partial charge in [-0.15, -0.1) is 0 Å². The van der Waals surface area contributed by atoms with E-state index in [1.54, 1.807) is 14.2 Å². The Morgan fingerprint density at radius 3 is 2.40 bits per heavy atom. The predicted octanol–water partition coefficient (Wildman–Crippen LogP) is 3.06. The van der Waals surface area contributed by atoms with Crippen LogP contribution in [0, 0.1) is 0 Å². The number of benzene rings is 1. The van der Waals surface area contributed by atoms with Gasteiger partial charge in [0.15, 0.2) is 0 Å². The zero-order valence-electron chi connectivity index (χ0n) is 12.5. The summed E-state index contributed by atoms with van der Waals surface area (Å²) in [5.41, 5.74) is 1.07. The highest BCUT2D eigenvalue weighted by atomic mass is 79.9. The SMILES string of the molecule is CCCCN(CCO)Cc1cc(OC)c(Br)cc1OC. The van der Waals surface area contributed by atoms with Crippen LogP contribution in [0.2, 0.25) is 0 Å². The topological polar surface area (TPSA) is 41.9 Å². The lowest BCUT2D eigenvalue weighted by molar-refractivity contribution is 0.186. The van der Waals surface area contributed by atoms with Gasteiger partial charge in [-0.05, 0) is 41.0 Å². The molecule has 0 aliphatic heterocycles. The zero-order chi connectivity index (χ0) is 15.0. The van der Waals surface area contributed by atoms with Crippen molar-refractivity contribution in [2.75, 3.05) is 33.9 Å². The maximum Gasteiger partial charge on any atom is 0.133 e. The maximum atomic E-state index is 9.18. The van der Waals surface area contributed by atoms with E-state index in [1.165, 1.54) is 0 Å². The van der Waals surface area contributed by atoms with E-state index in [1.807, 2.05) is 12.1 Å². The molecular weight excluding hydrogens is 322 g/mol. The lowest BCUT2D eigenvalue weighted by Gasteiger charge is -2.23. The minimum Gasteiger partial charge on any atom is -0.496 e. The first-order valence-electron chi connectivity index (χ1n) is 6.89. The Morgan fingerprint density at radius 2 is 1.85 bits per heavy atom. The van der Waals surface area contributed by atoms with Crippen LogP contribution in [0.4, 0.5) is 0 Å². The molecule has 0 heterocycles. The van der Waals surface area contributed by atoms with E-state index in [2.05, 4.69) is 27.8 Å². The van der Waals surface area contributed by atoms with E-state index in [9.17, 15) is 5.11 Å². The Morgan fingerprint density at radius 1 is 1.15 bits per heavy atom. The molecule has 0 aliphatic carbocycles. The quantitative estimate of drug-likeness (QED) is 0.746. The van der Waals surface area contributed by atoms with Crippen molar-refractivity contribution in [3.63, 3.8) is 0 Å². The highest BCUT2D eigenvalue weighted by molar-refractivity contribution is 9.10. The van der Waals surface area contributed by atoms with E-state index in [4.69, 9.17) is 9.47 Å². The molecule has 1 rings (SSSR count). The fourth-order valence-corrected chi connectivity index (χ4v) is 2.57. The molecule has 0 unspecified atom stereocenters. The van der Waals surface area contributed by atoms with Crippen molar-refractivity contribution < 1.29 is 14.6 Å². The van der Waals surface area contributed by atoms with E-state index in [0.717, 1.165) is 47.5 Å². The highest BCUT2D eigenvalue weighted by Crippen LogP contribution is 2.33. The summed E-state index contributed by atoms with van der Waals surface area (Å²) in [5, 5.41) is 9.18. The number of aliphatic hydroxyl groups excluding tert-OH is 1. The summed E-state index contributed by atoms with van der Waals surface area (Å²) in [6, 6.07) is 3.91. The van der Waals surface area contributed by atoms with E-state index in [0.29, 0.717) is 6.54 Å². The van der Waals surface area contributed by atoms with Gasteiger partial charge in [-0.2, -0.15) is 0 Å². The summed E-state index contributed by atoms with van der Waals surface area (Å²) >= 11 is 3.46. The van der Waals surface area contributed by atoms with E-state index < -0.39 is 0 Å². The number of unbranched alkanes of at least 4 members (excludes halogenated alkanes) is 1. The van der Waals surface area contributed by atoms with Gasteiger partial charge in [-0.25, -0.2) is 0 Å². The van der Waals surface area contributed by atoms with Gasteiger partial charge in [-0.3, -0.25) is 4.90 Å². The molecule has 0 aliphatic rings. The average molecular weight is 346 g/mol. The fourth-order valence-electron chi connectivity index (χ4n) is 2.08. The fraction of sp³-hybridized carbons (Fsp3) is 0.600. The van der Waals surface area contributed by atoms with Crippen molar-refractivity contribution in [2.45, 2.75) is 26.3 Å². The molecule has 5 heteroatoms. The molecule has 114 valence electrons. The molecule has 0 aromatic heterocycles. The Balaban J connectivity index is 2.91. The monoisotopic (exact) mass is 345 g/mol. The van der Waals surface area contributed by atoms with Gasteiger partial charge in [-0.1, -0.05) is 13.3 Å². The van der Waals surface area contributed by atoms with Crippen molar-refractivity contribution >= 4 is 15.9 Å². The molecule has 0 fully saturated rings. The molecule has 0 radical (unpaired) electrons. The summed E-state index contributed by atoms with van der Waals surface area (Å²) < 4.78 is 11.6. The van der Waals surface area contributed by atoms with Crippen LogP contribution >= 0.6 is 15.9 Å². The molecule has 20 heavy (non-hydrogen) atoms. The van der Waals surface area contributed by atoms with Crippen LogP contribution < -0.4 is 9.47 Å². The summed E-state index contributed by atoms with van der Waals surface area (Å²) in [5.74, 6) is 1.62. The smallest absolute Gasteiger partial charge is 0.133 e. The van der Waals surface area contributed by atoms with E-state index in [-0.39, 0.29) is 6.61 Å². The molecule has 0 bridgehead atoms. The number of rotatable bonds is 9. The first kappa shape index (κ1) is 17.3. The van der Waals surface area contributed by atoms with E-state index >= 15 is 0 Å². The third-order valence-electron chi connectivity index (χ3n) is 3.19. The van der Waals surface area contributed by atoms with Gasteiger partial charge < -0.3 is 14.6 Å². The first-order valence-corrected chi connectivity index (χ1v) is 7.69. The van der Waals surface area contributed by atoms with Crippen LogP contribution in [0.5, 0.6) is 11.5 Å². The second-order valence-electron chi connectivity index (χ2n) is 4.65.